The Labute approximate surface area is 204 Å². The second-order valence-electron chi connectivity index (χ2n) is 9.64. The minimum absolute atomic E-state index is 0.0270. The van der Waals surface area contributed by atoms with Crippen LogP contribution in [0.15, 0.2) is 42.5 Å². The summed E-state index contributed by atoms with van der Waals surface area (Å²) >= 11 is 1.65. The molecule has 4 aromatic rings. The highest BCUT2D eigenvalue weighted by molar-refractivity contribution is 7.14. The molecule has 0 radical (unpaired) electrons. The first-order valence-electron chi connectivity index (χ1n) is 11.9. The van der Waals surface area contributed by atoms with Crippen molar-refractivity contribution in [1.82, 2.24) is 19.7 Å². The topological polar surface area (TPSA) is 77.0 Å². The lowest BCUT2D eigenvalue weighted by molar-refractivity contribution is 0.0710. The number of amides is 1. The number of thiazole rings is 1. The molecule has 176 valence electrons. The van der Waals surface area contributed by atoms with Crippen molar-refractivity contribution in [3.05, 3.63) is 64.2 Å². The van der Waals surface area contributed by atoms with Gasteiger partial charge in [0.1, 0.15) is 0 Å². The number of hydrogen-bond acceptors (Lipinski definition) is 5. The van der Waals surface area contributed by atoms with E-state index in [1.54, 1.807) is 11.3 Å². The third-order valence-electron chi connectivity index (χ3n) is 6.50. The number of benzene rings is 2. The van der Waals surface area contributed by atoms with Gasteiger partial charge in [0, 0.05) is 35.0 Å². The van der Waals surface area contributed by atoms with E-state index in [1.807, 2.05) is 22.6 Å². The zero-order valence-corrected chi connectivity index (χ0v) is 21.0. The molecule has 2 N–H and O–H groups in total. The Bertz CT molecular complexity index is 1360. The molecule has 0 atom stereocenters. The first kappa shape index (κ1) is 22.7. The van der Waals surface area contributed by atoms with Gasteiger partial charge in [-0.1, -0.05) is 60.6 Å². The van der Waals surface area contributed by atoms with Crippen LogP contribution in [0.5, 0.6) is 0 Å². The van der Waals surface area contributed by atoms with E-state index in [-0.39, 0.29) is 11.9 Å². The number of aryl methyl sites for hydroxylation is 2. The zero-order chi connectivity index (χ0) is 24.0. The number of rotatable bonds is 4. The number of nitrogens with two attached hydrogens (primary N) is 1. The van der Waals surface area contributed by atoms with Crippen LogP contribution in [0.2, 0.25) is 0 Å². The fourth-order valence-electron chi connectivity index (χ4n) is 4.59. The van der Waals surface area contributed by atoms with Crippen LogP contribution >= 0.6 is 11.3 Å². The van der Waals surface area contributed by atoms with Crippen molar-refractivity contribution in [3.8, 4) is 16.4 Å². The number of piperidine rings is 1. The number of nitrogens with zero attached hydrogens (tertiary/aromatic N) is 4. The van der Waals surface area contributed by atoms with E-state index in [1.165, 1.54) is 10.4 Å². The quantitative estimate of drug-likeness (QED) is 0.427. The Morgan fingerprint density at radius 2 is 1.82 bits per heavy atom. The van der Waals surface area contributed by atoms with Crippen LogP contribution in [-0.4, -0.2) is 44.7 Å². The molecule has 1 saturated heterocycles. The minimum atomic E-state index is -0.0270. The Hall–Kier alpha value is -3.03. The van der Waals surface area contributed by atoms with Crippen LogP contribution in [-0.2, 0) is 0 Å². The van der Waals surface area contributed by atoms with E-state index in [9.17, 15) is 4.79 Å². The maximum Gasteiger partial charge on any atom is 0.275 e. The largest absolute Gasteiger partial charge is 0.337 e. The summed E-state index contributed by atoms with van der Waals surface area (Å²) in [4.78, 5) is 21.7. The maximum atomic E-state index is 13.5. The second-order valence-corrected chi connectivity index (χ2v) is 10.7. The fourth-order valence-corrected chi connectivity index (χ4v) is 5.64. The number of likely N-dealkylation sites (tertiary alicyclic amines) is 1. The maximum absolute atomic E-state index is 13.5. The molecule has 34 heavy (non-hydrogen) atoms. The van der Waals surface area contributed by atoms with Crippen LogP contribution in [0.4, 0.5) is 0 Å². The molecular weight excluding hydrogens is 442 g/mol. The van der Waals surface area contributed by atoms with Gasteiger partial charge in [-0.15, -0.1) is 0 Å². The van der Waals surface area contributed by atoms with E-state index in [2.05, 4.69) is 57.2 Å². The molecule has 1 amide bonds. The summed E-state index contributed by atoms with van der Waals surface area (Å²) in [5.41, 5.74) is 11.9. The molecule has 0 spiro atoms. The lowest BCUT2D eigenvalue weighted by Gasteiger charge is -2.29. The van der Waals surface area contributed by atoms with Gasteiger partial charge in [-0.25, -0.2) is 9.67 Å². The standard InChI is InChI=1S/C27H31N5OS/c1-16(2)25-23(19-7-5-6-17(3)14-19)29-27(34-25)32-22-9-8-18(4)15-21(22)24(30-32)26(33)31-12-10-20(28)11-13-31/h5-9,14-16,20H,10-13,28H2,1-4H3. The Kier molecular flexibility index (Phi) is 6.00. The lowest BCUT2D eigenvalue weighted by atomic mass is 10.0. The van der Waals surface area contributed by atoms with Crippen molar-refractivity contribution in [2.45, 2.75) is 52.5 Å². The number of aromatic nitrogens is 3. The van der Waals surface area contributed by atoms with E-state index >= 15 is 0 Å². The number of fused-ring (bicyclic) bond motifs is 1. The Balaban J connectivity index is 1.63. The molecule has 0 saturated carbocycles. The Morgan fingerprint density at radius 3 is 2.53 bits per heavy atom. The predicted octanol–water partition coefficient (Wildman–Crippen LogP) is 5.45. The zero-order valence-electron chi connectivity index (χ0n) is 20.2. The molecule has 7 heteroatoms. The molecule has 5 rings (SSSR count). The van der Waals surface area contributed by atoms with Crippen molar-refractivity contribution in [3.63, 3.8) is 0 Å². The molecular formula is C27H31N5OS. The number of carbonyl (C=O) groups excluding carboxylic acids is 1. The molecule has 3 heterocycles. The molecule has 1 aliphatic rings. The van der Waals surface area contributed by atoms with Crippen LogP contribution < -0.4 is 5.73 Å². The van der Waals surface area contributed by atoms with Crippen molar-refractivity contribution < 1.29 is 4.79 Å². The highest BCUT2D eigenvalue weighted by atomic mass is 32.1. The monoisotopic (exact) mass is 473 g/mol. The van der Waals surface area contributed by atoms with Gasteiger partial charge in [-0.3, -0.25) is 4.79 Å². The van der Waals surface area contributed by atoms with Gasteiger partial charge in [0.15, 0.2) is 5.69 Å². The van der Waals surface area contributed by atoms with E-state index < -0.39 is 0 Å². The highest BCUT2D eigenvalue weighted by Gasteiger charge is 2.27. The van der Waals surface area contributed by atoms with Crippen LogP contribution in [0.3, 0.4) is 0 Å². The SMILES string of the molecule is Cc1cccc(-c2nc(-n3nc(C(=O)N4CCC(N)CC4)c4cc(C)ccc43)sc2C(C)C)c1. The molecule has 2 aromatic carbocycles. The van der Waals surface area contributed by atoms with Gasteiger partial charge < -0.3 is 10.6 Å². The molecule has 0 unspecified atom stereocenters. The van der Waals surface area contributed by atoms with Crippen LogP contribution in [0.25, 0.3) is 27.3 Å². The summed E-state index contributed by atoms with van der Waals surface area (Å²) in [6.07, 6.45) is 1.65. The second kappa shape index (κ2) is 8.96. The van der Waals surface area contributed by atoms with Crippen molar-refractivity contribution in [2.24, 2.45) is 5.73 Å². The first-order chi connectivity index (χ1) is 16.3. The molecule has 0 aliphatic carbocycles. The van der Waals surface area contributed by atoms with Crippen molar-refractivity contribution >= 4 is 28.1 Å². The van der Waals surface area contributed by atoms with Gasteiger partial charge in [-0.05, 0) is 50.8 Å². The van der Waals surface area contributed by atoms with Gasteiger partial charge >= 0.3 is 0 Å². The summed E-state index contributed by atoms with van der Waals surface area (Å²) in [5.74, 6) is 0.297. The predicted molar refractivity (Wildman–Crippen MR) is 139 cm³/mol. The molecule has 1 fully saturated rings. The van der Waals surface area contributed by atoms with Gasteiger partial charge in [0.2, 0.25) is 5.13 Å². The third kappa shape index (κ3) is 4.14. The average molecular weight is 474 g/mol. The van der Waals surface area contributed by atoms with E-state index in [0.717, 1.165) is 45.7 Å². The number of hydrogen-bond donors (Lipinski definition) is 1. The average Bonchev–Trinajstić information content (AvgIpc) is 3.41. The molecule has 6 nitrogen and oxygen atoms in total. The van der Waals surface area contributed by atoms with E-state index in [0.29, 0.717) is 24.7 Å². The highest BCUT2D eigenvalue weighted by Crippen LogP contribution is 2.37. The van der Waals surface area contributed by atoms with Crippen molar-refractivity contribution in [1.29, 1.82) is 0 Å². The summed E-state index contributed by atoms with van der Waals surface area (Å²) in [6, 6.07) is 14.8. The van der Waals surface area contributed by atoms with Gasteiger partial charge in [-0.2, -0.15) is 5.10 Å². The smallest absolute Gasteiger partial charge is 0.275 e. The molecule has 2 aromatic heterocycles. The molecule has 0 bridgehead atoms. The lowest BCUT2D eigenvalue weighted by Crippen LogP contribution is -2.43. The summed E-state index contributed by atoms with van der Waals surface area (Å²) < 4.78 is 1.85. The van der Waals surface area contributed by atoms with Crippen molar-refractivity contribution in [2.75, 3.05) is 13.1 Å². The minimum Gasteiger partial charge on any atom is -0.337 e. The van der Waals surface area contributed by atoms with E-state index in [4.69, 9.17) is 15.8 Å². The first-order valence-corrected chi connectivity index (χ1v) is 12.8. The van der Waals surface area contributed by atoms with Crippen LogP contribution in [0.1, 0.15) is 59.1 Å². The summed E-state index contributed by atoms with van der Waals surface area (Å²) in [7, 11) is 0. The van der Waals surface area contributed by atoms with Gasteiger partial charge in [0.05, 0.1) is 11.2 Å². The summed E-state index contributed by atoms with van der Waals surface area (Å²) in [5, 5.41) is 6.52. The molecule has 1 aliphatic heterocycles. The fraction of sp³-hybridized carbons (Fsp3) is 0.370. The van der Waals surface area contributed by atoms with Gasteiger partial charge in [0.25, 0.3) is 5.91 Å². The third-order valence-corrected chi connectivity index (χ3v) is 7.84. The van der Waals surface area contributed by atoms with Crippen LogP contribution in [0, 0.1) is 13.8 Å². The summed E-state index contributed by atoms with van der Waals surface area (Å²) in [6.45, 7) is 9.87. The Morgan fingerprint density at radius 1 is 1.09 bits per heavy atom. The number of carbonyl (C=O) groups is 1. The normalized spacial score (nSPS) is 14.9.